The van der Waals surface area contributed by atoms with Crippen LogP contribution in [0.1, 0.15) is 23.6 Å². The Kier molecular flexibility index (Phi) is 7.37. The van der Waals surface area contributed by atoms with E-state index in [1.807, 2.05) is 30.3 Å². The number of nitrogens with one attached hydrogen (secondary N) is 1. The number of amides is 2. The van der Waals surface area contributed by atoms with Gasteiger partial charge in [0.25, 0.3) is 0 Å². The standard InChI is InChI=1S/C20H22Cl2N2O2/c1-4-7-18(14-10-11-16(21)17(22)12-14)23-20(25)24(2)13-15-8-5-6-9-19(15)26-3/h4-6,8-12,18H,1,7,13H2,2-3H3,(H,23,25). The number of methoxy groups -OCH3 is 1. The molecule has 0 saturated heterocycles. The van der Waals surface area contributed by atoms with Crippen molar-refractivity contribution in [3.05, 3.63) is 76.3 Å². The van der Waals surface area contributed by atoms with Crippen molar-refractivity contribution in [3.63, 3.8) is 0 Å². The number of hydrogen-bond donors (Lipinski definition) is 1. The molecule has 1 atom stereocenters. The molecule has 0 spiro atoms. The van der Waals surface area contributed by atoms with Crippen molar-refractivity contribution in [1.29, 1.82) is 0 Å². The molecule has 0 aliphatic carbocycles. The minimum absolute atomic E-state index is 0.200. The first-order valence-electron chi connectivity index (χ1n) is 8.15. The number of nitrogens with zero attached hydrogens (tertiary/aromatic N) is 1. The minimum Gasteiger partial charge on any atom is -0.496 e. The molecule has 0 fully saturated rings. The summed E-state index contributed by atoms with van der Waals surface area (Å²) >= 11 is 12.1. The van der Waals surface area contributed by atoms with Crippen molar-refractivity contribution in [3.8, 4) is 5.75 Å². The van der Waals surface area contributed by atoms with Crippen LogP contribution in [-0.4, -0.2) is 25.1 Å². The van der Waals surface area contributed by atoms with Crippen molar-refractivity contribution in [2.24, 2.45) is 0 Å². The largest absolute Gasteiger partial charge is 0.496 e. The zero-order chi connectivity index (χ0) is 19.1. The van der Waals surface area contributed by atoms with Crippen LogP contribution in [0.25, 0.3) is 0 Å². The second-order valence-corrected chi connectivity index (χ2v) is 6.68. The quantitative estimate of drug-likeness (QED) is 0.635. The smallest absolute Gasteiger partial charge is 0.317 e. The third kappa shape index (κ3) is 5.16. The second-order valence-electron chi connectivity index (χ2n) is 5.87. The number of benzene rings is 2. The van der Waals surface area contributed by atoms with E-state index < -0.39 is 0 Å². The second kappa shape index (κ2) is 9.51. The van der Waals surface area contributed by atoms with Gasteiger partial charge in [-0.1, -0.05) is 53.5 Å². The Bertz CT molecular complexity index is 780. The van der Waals surface area contributed by atoms with Gasteiger partial charge in [-0.05, 0) is 30.2 Å². The third-order valence-electron chi connectivity index (χ3n) is 3.99. The molecule has 26 heavy (non-hydrogen) atoms. The van der Waals surface area contributed by atoms with Gasteiger partial charge in [0.1, 0.15) is 5.75 Å². The van der Waals surface area contributed by atoms with E-state index in [0.717, 1.165) is 16.9 Å². The van der Waals surface area contributed by atoms with E-state index in [4.69, 9.17) is 27.9 Å². The summed E-state index contributed by atoms with van der Waals surface area (Å²) in [7, 11) is 3.35. The summed E-state index contributed by atoms with van der Waals surface area (Å²) in [6.07, 6.45) is 2.33. The summed E-state index contributed by atoms with van der Waals surface area (Å²) in [6, 6.07) is 12.5. The molecule has 0 bridgehead atoms. The predicted molar refractivity (Wildman–Crippen MR) is 107 cm³/mol. The molecule has 0 radical (unpaired) electrons. The van der Waals surface area contributed by atoms with E-state index in [-0.39, 0.29) is 12.1 Å². The lowest BCUT2D eigenvalue weighted by Gasteiger charge is -2.24. The van der Waals surface area contributed by atoms with Crippen LogP contribution in [0.4, 0.5) is 4.79 Å². The van der Waals surface area contributed by atoms with Crippen LogP contribution < -0.4 is 10.1 Å². The van der Waals surface area contributed by atoms with Gasteiger partial charge in [0, 0.05) is 12.6 Å². The highest BCUT2D eigenvalue weighted by Crippen LogP contribution is 2.27. The molecule has 0 saturated carbocycles. The Labute approximate surface area is 164 Å². The summed E-state index contributed by atoms with van der Waals surface area (Å²) < 4.78 is 5.34. The van der Waals surface area contributed by atoms with Gasteiger partial charge in [-0.25, -0.2) is 4.79 Å². The van der Waals surface area contributed by atoms with E-state index >= 15 is 0 Å². The summed E-state index contributed by atoms with van der Waals surface area (Å²) in [6.45, 7) is 4.20. The SMILES string of the molecule is C=CCC(NC(=O)N(C)Cc1ccccc1OC)c1ccc(Cl)c(Cl)c1. The fourth-order valence-electron chi connectivity index (χ4n) is 2.59. The lowest BCUT2D eigenvalue weighted by Crippen LogP contribution is -2.39. The maximum Gasteiger partial charge on any atom is 0.317 e. The van der Waals surface area contributed by atoms with Gasteiger partial charge < -0.3 is 15.0 Å². The number of carbonyl (C=O) groups is 1. The van der Waals surface area contributed by atoms with Crippen LogP contribution in [-0.2, 0) is 6.54 Å². The molecule has 1 N–H and O–H groups in total. The monoisotopic (exact) mass is 392 g/mol. The molecule has 2 aromatic carbocycles. The summed E-state index contributed by atoms with van der Waals surface area (Å²) in [5.41, 5.74) is 1.81. The predicted octanol–water partition coefficient (Wildman–Crippen LogP) is 5.46. The molecule has 2 rings (SSSR count). The molecule has 1 unspecified atom stereocenters. The molecule has 0 aliphatic heterocycles. The molecule has 6 heteroatoms. The average molecular weight is 393 g/mol. The van der Waals surface area contributed by atoms with Gasteiger partial charge in [0.05, 0.1) is 29.7 Å². The van der Waals surface area contributed by atoms with E-state index in [1.165, 1.54) is 0 Å². The van der Waals surface area contributed by atoms with Gasteiger partial charge in [0.15, 0.2) is 0 Å². The van der Waals surface area contributed by atoms with Gasteiger partial charge in [-0.15, -0.1) is 6.58 Å². The number of halogens is 2. The zero-order valence-electron chi connectivity index (χ0n) is 14.8. The summed E-state index contributed by atoms with van der Waals surface area (Å²) in [5.74, 6) is 0.749. The summed E-state index contributed by atoms with van der Waals surface area (Å²) in [4.78, 5) is 14.2. The van der Waals surface area contributed by atoms with Gasteiger partial charge in [0.2, 0.25) is 0 Å². The maximum atomic E-state index is 12.6. The highest BCUT2D eigenvalue weighted by molar-refractivity contribution is 6.42. The number of para-hydroxylation sites is 1. The number of urea groups is 1. The molecule has 0 heterocycles. The van der Waals surface area contributed by atoms with Gasteiger partial charge in [-0.2, -0.15) is 0 Å². The van der Waals surface area contributed by atoms with E-state index in [9.17, 15) is 4.79 Å². The Morgan fingerprint density at radius 2 is 2.00 bits per heavy atom. The first-order valence-corrected chi connectivity index (χ1v) is 8.91. The Balaban J connectivity index is 2.11. The highest BCUT2D eigenvalue weighted by Gasteiger charge is 2.18. The van der Waals surface area contributed by atoms with E-state index in [1.54, 1.807) is 37.3 Å². The Hall–Kier alpha value is -2.17. The maximum absolute atomic E-state index is 12.6. The lowest BCUT2D eigenvalue weighted by molar-refractivity contribution is 0.202. The van der Waals surface area contributed by atoms with Crippen LogP contribution in [0.2, 0.25) is 10.0 Å². The number of rotatable bonds is 7. The topological polar surface area (TPSA) is 41.6 Å². The number of carbonyl (C=O) groups excluding carboxylic acids is 1. The van der Waals surface area contributed by atoms with Crippen molar-refractivity contribution < 1.29 is 9.53 Å². The van der Waals surface area contributed by atoms with Crippen molar-refractivity contribution in [2.75, 3.05) is 14.2 Å². The van der Waals surface area contributed by atoms with Crippen LogP contribution in [0, 0.1) is 0 Å². The minimum atomic E-state index is -0.241. The van der Waals surface area contributed by atoms with Crippen LogP contribution in [0.5, 0.6) is 5.75 Å². The molecule has 2 amide bonds. The normalized spacial score (nSPS) is 11.5. The average Bonchev–Trinajstić information content (AvgIpc) is 2.64. The summed E-state index contributed by atoms with van der Waals surface area (Å²) in [5, 5.41) is 3.94. The lowest BCUT2D eigenvalue weighted by atomic mass is 10.0. The Morgan fingerprint density at radius 3 is 2.65 bits per heavy atom. The molecular formula is C20H22Cl2N2O2. The van der Waals surface area contributed by atoms with Gasteiger partial charge >= 0.3 is 6.03 Å². The van der Waals surface area contributed by atoms with Crippen LogP contribution in [0.15, 0.2) is 55.1 Å². The molecule has 2 aromatic rings. The van der Waals surface area contributed by atoms with E-state index in [0.29, 0.717) is 23.0 Å². The molecule has 138 valence electrons. The van der Waals surface area contributed by atoms with Gasteiger partial charge in [-0.3, -0.25) is 0 Å². The first-order chi connectivity index (χ1) is 12.5. The van der Waals surface area contributed by atoms with Crippen molar-refractivity contribution >= 4 is 29.2 Å². The number of ether oxygens (including phenoxy) is 1. The van der Waals surface area contributed by atoms with E-state index in [2.05, 4.69) is 11.9 Å². The van der Waals surface area contributed by atoms with Crippen LogP contribution >= 0.6 is 23.2 Å². The van der Waals surface area contributed by atoms with Crippen molar-refractivity contribution in [2.45, 2.75) is 19.0 Å². The fraction of sp³-hybridized carbons (Fsp3) is 0.250. The zero-order valence-corrected chi connectivity index (χ0v) is 16.3. The van der Waals surface area contributed by atoms with Crippen LogP contribution in [0.3, 0.4) is 0 Å². The molecule has 0 aliphatic rings. The highest BCUT2D eigenvalue weighted by atomic mass is 35.5. The number of hydrogen-bond acceptors (Lipinski definition) is 2. The molecular weight excluding hydrogens is 371 g/mol. The first kappa shape index (κ1) is 20.1. The molecule has 0 aromatic heterocycles. The fourth-order valence-corrected chi connectivity index (χ4v) is 2.90. The molecule has 4 nitrogen and oxygen atoms in total. The third-order valence-corrected chi connectivity index (χ3v) is 4.73. The Morgan fingerprint density at radius 1 is 1.27 bits per heavy atom. The van der Waals surface area contributed by atoms with Crippen molar-refractivity contribution in [1.82, 2.24) is 10.2 Å².